The van der Waals surface area contributed by atoms with Crippen molar-refractivity contribution in [3.05, 3.63) is 65.6 Å². The van der Waals surface area contributed by atoms with Gasteiger partial charge in [0.25, 0.3) is 5.91 Å². The van der Waals surface area contributed by atoms with Crippen molar-refractivity contribution < 1.29 is 4.79 Å². The van der Waals surface area contributed by atoms with Gasteiger partial charge in [-0.05, 0) is 30.7 Å². The van der Waals surface area contributed by atoms with Crippen LogP contribution in [-0.2, 0) is 6.54 Å². The number of carbonyl (C=O) groups is 1. The Morgan fingerprint density at radius 3 is 2.68 bits per heavy atom. The maximum Gasteiger partial charge on any atom is 0.255 e. The number of H-pyrrole nitrogens is 1. The van der Waals surface area contributed by atoms with Crippen LogP contribution < -0.4 is 0 Å². The Morgan fingerprint density at radius 1 is 1.12 bits per heavy atom. The van der Waals surface area contributed by atoms with Crippen LogP contribution in [0.1, 0.15) is 21.6 Å². The first kappa shape index (κ1) is 15.8. The minimum atomic E-state index is 0.0797. The van der Waals surface area contributed by atoms with Crippen molar-refractivity contribution in [3.8, 4) is 0 Å². The van der Waals surface area contributed by atoms with Gasteiger partial charge in [-0.2, -0.15) is 0 Å². The Balaban J connectivity index is 1.42. The third kappa shape index (κ3) is 3.15. The van der Waals surface area contributed by atoms with E-state index < -0.39 is 0 Å². The molecule has 1 saturated heterocycles. The first-order chi connectivity index (χ1) is 12.2. The summed E-state index contributed by atoms with van der Waals surface area (Å²) in [5, 5.41) is 1.30. The van der Waals surface area contributed by atoms with Crippen molar-refractivity contribution in [1.29, 1.82) is 0 Å². The lowest BCUT2D eigenvalue weighted by Crippen LogP contribution is -2.48. The Hall–Kier alpha value is -2.66. The fourth-order valence-corrected chi connectivity index (χ4v) is 3.54. The number of nitrogens with one attached hydrogen (secondary N) is 1. The smallest absolute Gasteiger partial charge is 0.255 e. The standard InChI is InChI=1S/C20H22N4O/c1-15-18(17-6-2-3-7-19(17)22-15)14-23-9-11-24(12-10-23)20(25)16-5-4-8-21-13-16/h2-8,13,22H,9-12,14H2,1H3. The van der Waals surface area contributed by atoms with Gasteiger partial charge >= 0.3 is 0 Å². The fraction of sp³-hybridized carbons (Fsp3) is 0.300. The number of aromatic amines is 1. The largest absolute Gasteiger partial charge is 0.358 e. The van der Waals surface area contributed by atoms with Crippen LogP contribution >= 0.6 is 0 Å². The molecule has 1 aliphatic rings. The van der Waals surface area contributed by atoms with E-state index in [4.69, 9.17) is 0 Å². The van der Waals surface area contributed by atoms with Crippen molar-refractivity contribution in [2.45, 2.75) is 13.5 Å². The Bertz CT molecular complexity index is 879. The molecule has 0 bridgehead atoms. The van der Waals surface area contributed by atoms with E-state index in [1.807, 2.05) is 17.0 Å². The van der Waals surface area contributed by atoms with Gasteiger partial charge in [0, 0.05) is 61.7 Å². The second-order valence-electron chi connectivity index (χ2n) is 6.58. The zero-order valence-electron chi connectivity index (χ0n) is 14.4. The van der Waals surface area contributed by atoms with E-state index in [9.17, 15) is 4.79 Å². The molecule has 25 heavy (non-hydrogen) atoms. The molecule has 4 rings (SSSR count). The zero-order chi connectivity index (χ0) is 17.2. The summed E-state index contributed by atoms with van der Waals surface area (Å²) in [4.78, 5) is 24.4. The van der Waals surface area contributed by atoms with Gasteiger partial charge in [0.15, 0.2) is 0 Å². The number of carbonyl (C=O) groups excluding carboxylic acids is 1. The molecule has 1 amide bonds. The highest BCUT2D eigenvalue weighted by Crippen LogP contribution is 2.23. The lowest BCUT2D eigenvalue weighted by molar-refractivity contribution is 0.0628. The first-order valence-corrected chi connectivity index (χ1v) is 8.70. The lowest BCUT2D eigenvalue weighted by Gasteiger charge is -2.34. The maximum absolute atomic E-state index is 12.5. The van der Waals surface area contributed by atoms with Crippen LogP contribution in [0.2, 0.25) is 0 Å². The molecule has 5 nitrogen and oxygen atoms in total. The number of pyridine rings is 1. The predicted molar refractivity (Wildman–Crippen MR) is 98.5 cm³/mol. The fourth-order valence-electron chi connectivity index (χ4n) is 3.54. The number of hydrogen-bond donors (Lipinski definition) is 1. The van der Waals surface area contributed by atoms with E-state index in [2.05, 4.69) is 46.1 Å². The highest BCUT2D eigenvalue weighted by atomic mass is 16.2. The lowest BCUT2D eigenvalue weighted by atomic mass is 10.1. The van der Waals surface area contributed by atoms with Gasteiger partial charge in [-0.1, -0.05) is 18.2 Å². The number of para-hydroxylation sites is 1. The molecular weight excluding hydrogens is 312 g/mol. The van der Waals surface area contributed by atoms with Gasteiger partial charge in [-0.15, -0.1) is 0 Å². The van der Waals surface area contributed by atoms with E-state index in [1.165, 1.54) is 22.2 Å². The van der Waals surface area contributed by atoms with Gasteiger partial charge in [-0.25, -0.2) is 0 Å². The molecule has 0 atom stereocenters. The molecule has 128 valence electrons. The second-order valence-corrected chi connectivity index (χ2v) is 6.58. The second kappa shape index (κ2) is 6.69. The summed E-state index contributed by atoms with van der Waals surface area (Å²) in [6.45, 7) is 6.36. The zero-order valence-corrected chi connectivity index (χ0v) is 14.4. The predicted octanol–water partition coefficient (Wildman–Crippen LogP) is 2.83. The number of piperazine rings is 1. The highest BCUT2D eigenvalue weighted by Gasteiger charge is 2.23. The minimum Gasteiger partial charge on any atom is -0.358 e. The summed E-state index contributed by atoms with van der Waals surface area (Å²) in [5.74, 6) is 0.0797. The number of aromatic nitrogens is 2. The maximum atomic E-state index is 12.5. The molecular formula is C20H22N4O. The first-order valence-electron chi connectivity index (χ1n) is 8.70. The van der Waals surface area contributed by atoms with Crippen molar-refractivity contribution in [2.24, 2.45) is 0 Å². The van der Waals surface area contributed by atoms with Crippen molar-refractivity contribution in [3.63, 3.8) is 0 Å². The van der Waals surface area contributed by atoms with Crippen LogP contribution in [0.5, 0.6) is 0 Å². The molecule has 3 aromatic rings. The average molecular weight is 334 g/mol. The molecule has 0 spiro atoms. The van der Waals surface area contributed by atoms with Crippen LogP contribution in [0.3, 0.4) is 0 Å². The van der Waals surface area contributed by atoms with Gasteiger partial charge in [0.1, 0.15) is 0 Å². The number of fused-ring (bicyclic) bond motifs is 1. The number of aryl methyl sites for hydroxylation is 1. The van der Waals surface area contributed by atoms with E-state index in [1.54, 1.807) is 12.4 Å². The van der Waals surface area contributed by atoms with Crippen molar-refractivity contribution in [1.82, 2.24) is 19.8 Å². The van der Waals surface area contributed by atoms with Gasteiger partial charge in [0.2, 0.25) is 0 Å². The molecule has 1 fully saturated rings. The Labute approximate surface area is 147 Å². The van der Waals surface area contributed by atoms with Crippen LogP contribution in [0.15, 0.2) is 48.8 Å². The summed E-state index contributed by atoms with van der Waals surface area (Å²) in [7, 11) is 0. The average Bonchev–Trinajstić information content (AvgIpc) is 2.98. The topological polar surface area (TPSA) is 52.2 Å². The normalized spacial score (nSPS) is 15.6. The Kier molecular flexibility index (Phi) is 4.24. The summed E-state index contributed by atoms with van der Waals surface area (Å²) in [6.07, 6.45) is 3.34. The van der Waals surface area contributed by atoms with Gasteiger partial charge in [-0.3, -0.25) is 14.7 Å². The number of nitrogens with zero attached hydrogens (tertiary/aromatic N) is 3. The minimum absolute atomic E-state index is 0.0797. The molecule has 0 radical (unpaired) electrons. The van der Waals surface area contributed by atoms with E-state index >= 15 is 0 Å². The molecule has 1 N–H and O–H groups in total. The van der Waals surface area contributed by atoms with Crippen LogP contribution in [-0.4, -0.2) is 51.9 Å². The van der Waals surface area contributed by atoms with Crippen LogP contribution in [0, 0.1) is 6.92 Å². The molecule has 0 unspecified atom stereocenters. The summed E-state index contributed by atoms with van der Waals surface area (Å²) in [6, 6.07) is 12.1. The summed E-state index contributed by atoms with van der Waals surface area (Å²) >= 11 is 0. The Morgan fingerprint density at radius 2 is 1.92 bits per heavy atom. The molecule has 3 heterocycles. The molecule has 1 aromatic carbocycles. The van der Waals surface area contributed by atoms with E-state index in [0.717, 1.165) is 32.7 Å². The molecule has 1 aliphatic heterocycles. The van der Waals surface area contributed by atoms with Gasteiger partial charge < -0.3 is 9.88 Å². The molecule has 0 saturated carbocycles. The van der Waals surface area contributed by atoms with Gasteiger partial charge in [0.05, 0.1) is 5.56 Å². The third-order valence-electron chi connectivity index (χ3n) is 4.98. The van der Waals surface area contributed by atoms with Crippen LogP contribution in [0.25, 0.3) is 10.9 Å². The SMILES string of the molecule is Cc1[nH]c2ccccc2c1CN1CCN(C(=O)c2cccnc2)CC1. The van der Waals surface area contributed by atoms with Crippen LogP contribution in [0.4, 0.5) is 0 Å². The summed E-state index contributed by atoms with van der Waals surface area (Å²) in [5.41, 5.74) is 4.46. The molecule has 5 heteroatoms. The number of hydrogen-bond acceptors (Lipinski definition) is 3. The summed E-state index contributed by atoms with van der Waals surface area (Å²) < 4.78 is 0. The number of amides is 1. The van der Waals surface area contributed by atoms with E-state index in [-0.39, 0.29) is 5.91 Å². The highest BCUT2D eigenvalue weighted by molar-refractivity contribution is 5.94. The number of benzene rings is 1. The monoisotopic (exact) mass is 334 g/mol. The van der Waals surface area contributed by atoms with Crippen molar-refractivity contribution in [2.75, 3.05) is 26.2 Å². The molecule has 2 aromatic heterocycles. The molecule has 0 aliphatic carbocycles. The third-order valence-corrected chi connectivity index (χ3v) is 4.98. The quantitative estimate of drug-likeness (QED) is 0.801. The number of rotatable bonds is 3. The van der Waals surface area contributed by atoms with E-state index in [0.29, 0.717) is 5.56 Å². The van der Waals surface area contributed by atoms with Crippen molar-refractivity contribution >= 4 is 16.8 Å².